The Kier molecular flexibility index (Phi) is 13.2. The van der Waals surface area contributed by atoms with Gasteiger partial charge in [0.1, 0.15) is 0 Å². The van der Waals surface area contributed by atoms with Crippen molar-refractivity contribution in [3.63, 3.8) is 0 Å². The molecule has 0 aliphatic carbocycles. The van der Waals surface area contributed by atoms with E-state index in [4.69, 9.17) is 0 Å². The van der Waals surface area contributed by atoms with Crippen LogP contribution in [0.5, 0.6) is 0 Å². The van der Waals surface area contributed by atoms with Crippen LogP contribution in [0.3, 0.4) is 0 Å². The van der Waals surface area contributed by atoms with Crippen LogP contribution in [-0.2, 0) is 0 Å². The molecule has 5 aliphatic heterocycles. The van der Waals surface area contributed by atoms with Crippen LogP contribution in [0.1, 0.15) is 0 Å². The Balaban J connectivity index is 0.893. The summed E-state index contributed by atoms with van der Waals surface area (Å²) < 4.78 is 2.71. The zero-order valence-electron chi connectivity index (χ0n) is 55.0. The normalized spacial score (nSPS) is 13.0. The summed E-state index contributed by atoms with van der Waals surface area (Å²) in [6, 6.07) is 137. The molecule has 5 aliphatic rings. The van der Waals surface area contributed by atoms with E-state index in [1.165, 1.54) is 165 Å². The minimum Gasteiger partial charge on any atom is -0.0617 e. The Morgan fingerprint density at radius 2 is 0.426 bits per heavy atom. The zero-order valence-corrected chi connectivity index (χ0v) is 56.7. The molecule has 0 amide bonds. The first-order valence-electron chi connectivity index (χ1n) is 34.9. The van der Waals surface area contributed by atoms with Crippen LogP contribution in [0.15, 0.2) is 364 Å². The molecular formula is C94H60B2N4Se. The predicted octanol–water partition coefficient (Wildman–Crippen LogP) is 20.6. The van der Waals surface area contributed by atoms with Crippen molar-refractivity contribution in [2.75, 3.05) is 19.6 Å². The molecule has 101 heavy (non-hydrogen) atoms. The van der Waals surface area contributed by atoms with Crippen molar-refractivity contribution < 1.29 is 0 Å². The van der Waals surface area contributed by atoms with E-state index in [1.807, 2.05) is 0 Å². The number of benzene rings is 15. The van der Waals surface area contributed by atoms with E-state index in [0.717, 1.165) is 22.5 Å². The predicted molar refractivity (Wildman–Crippen MR) is 428 cm³/mol. The number of hydrogen-bond donors (Lipinski definition) is 0. The molecule has 21 rings (SSSR count). The van der Waals surface area contributed by atoms with Crippen LogP contribution in [0.25, 0.3) is 86.8 Å². The number of rotatable bonds is 10. The van der Waals surface area contributed by atoms with E-state index in [0.29, 0.717) is 0 Å². The summed E-state index contributed by atoms with van der Waals surface area (Å²) in [5.74, 6) is 0. The Bertz CT molecular complexity index is 5490. The van der Waals surface area contributed by atoms with E-state index in [1.54, 1.807) is 0 Å². The van der Waals surface area contributed by atoms with Gasteiger partial charge in [-0.1, -0.05) is 72.8 Å². The summed E-state index contributed by atoms with van der Waals surface area (Å²) in [6.45, 7) is -0.295. The standard InChI is InChI=1S/C94H60B2N4Se/c1-9-29-61(30-10-1)69-51-70(62-31-11-2-12-32-62)54-75(53-69)97-81-47-27-25-45-77(81)95-79-49-50-80-90-89(79)99(85-59-73(57-83(97)87(85)95)65-37-17-5-18-38-65)91-92(94(68-43-23-8-24-44-68)101-93(91)67-41-21-7-22-42-67)100(90)86-60-74(66-39-19-6-20-40-66)58-84-88(86)96(80)78-46-26-28-48-82(78)98(84)76-55-71(63-33-13-3-14-34-63)52-72(56-76)64-35-15-4-16-36-64/h1-60H. The van der Waals surface area contributed by atoms with Gasteiger partial charge in [-0.3, -0.25) is 0 Å². The van der Waals surface area contributed by atoms with Crippen molar-refractivity contribution in [2.45, 2.75) is 0 Å². The van der Waals surface area contributed by atoms with Gasteiger partial charge < -0.3 is 0 Å². The third kappa shape index (κ3) is 9.04. The SMILES string of the molecule is c1ccc(-c2cc(-c3ccccc3)cc(N3c4ccccc4B4c5ccc6c7c5N(c5cc(-c8ccccc8)cc3c54)c3c(-c4ccccc4)[se]c(-c4ccccc4)c3N7c3cc(-c4ccccc4)cc4c3B6c3ccccc3N4c3cc(-c4ccccc4)cc(-c4ccccc4)c3)c2)cc1. The summed E-state index contributed by atoms with van der Waals surface area (Å²) >= 11 is -0.188. The van der Waals surface area contributed by atoms with Crippen molar-refractivity contribution in [1.29, 1.82) is 0 Å². The fourth-order valence-electron chi connectivity index (χ4n) is 17.1. The molecule has 0 spiro atoms. The van der Waals surface area contributed by atoms with E-state index in [2.05, 4.69) is 384 Å². The fraction of sp³-hybridized carbons (Fsp3) is 0. The smallest absolute Gasteiger partial charge is 0.0617 e. The van der Waals surface area contributed by atoms with Gasteiger partial charge in [0.05, 0.1) is 0 Å². The minimum atomic E-state index is -0.188. The van der Waals surface area contributed by atoms with E-state index >= 15 is 0 Å². The molecule has 15 aromatic carbocycles. The van der Waals surface area contributed by atoms with Crippen LogP contribution >= 0.6 is 0 Å². The quantitative estimate of drug-likeness (QED) is 0.127. The number of hydrogen-bond acceptors (Lipinski definition) is 4. The maximum atomic E-state index is 2.80. The third-order valence-corrected chi connectivity index (χ3v) is 24.1. The molecule has 0 bridgehead atoms. The van der Waals surface area contributed by atoms with E-state index in [-0.39, 0.29) is 27.9 Å². The summed E-state index contributed by atoms with van der Waals surface area (Å²) in [6.07, 6.45) is 0. The van der Waals surface area contributed by atoms with Crippen LogP contribution in [0.4, 0.5) is 68.2 Å². The monoisotopic (exact) mass is 1350 g/mol. The minimum absolute atomic E-state index is 0.147. The van der Waals surface area contributed by atoms with Gasteiger partial charge >= 0.3 is 527 Å². The van der Waals surface area contributed by atoms with Gasteiger partial charge in [-0.25, -0.2) is 0 Å². The molecule has 0 fully saturated rings. The first kappa shape index (κ1) is 57.7. The molecule has 0 unspecified atom stereocenters. The average Bonchev–Trinajstić information content (AvgIpc) is 1.65. The van der Waals surface area contributed by atoms with E-state index in [9.17, 15) is 0 Å². The summed E-state index contributed by atoms with van der Waals surface area (Å²) in [5, 5.41) is 0. The van der Waals surface area contributed by atoms with Gasteiger partial charge in [0.25, 0.3) is 0 Å². The second-order valence-corrected chi connectivity index (χ2v) is 29.2. The molecule has 4 nitrogen and oxygen atoms in total. The zero-order chi connectivity index (χ0) is 66.2. The second-order valence-electron chi connectivity index (χ2n) is 27.0. The maximum absolute atomic E-state index is 2.80. The Morgan fingerprint density at radius 3 is 0.723 bits per heavy atom. The number of para-hydroxylation sites is 2. The molecule has 0 saturated carbocycles. The van der Waals surface area contributed by atoms with Gasteiger partial charge in [-0.05, 0) is 0 Å². The van der Waals surface area contributed by atoms with Gasteiger partial charge in [0.2, 0.25) is 0 Å². The summed E-state index contributed by atoms with van der Waals surface area (Å²) in [4.78, 5) is 10.8. The van der Waals surface area contributed by atoms with Gasteiger partial charge in [0, 0.05) is 0 Å². The van der Waals surface area contributed by atoms with Crippen molar-refractivity contribution in [1.82, 2.24) is 0 Å². The first-order valence-corrected chi connectivity index (χ1v) is 36.7. The number of fused-ring (bicyclic) bond motifs is 11. The van der Waals surface area contributed by atoms with Crippen molar-refractivity contribution in [3.8, 4) is 86.8 Å². The van der Waals surface area contributed by atoms with Crippen molar-refractivity contribution >= 4 is 129 Å². The Morgan fingerprint density at radius 1 is 0.178 bits per heavy atom. The Hall–Kier alpha value is -12.4. The average molecular weight is 1350 g/mol. The van der Waals surface area contributed by atoms with Crippen molar-refractivity contribution in [2.24, 2.45) is 0 Å². The van der Waals surface area contributed by atoms with Crippen LogP contribution in [-0.4, -0.2) is 27.9 Å². The Labute approximate surface area is 595 Å². The third-order valence-electron chi connectivity index (χ3n) is 21.4. The molecule has 0 N–H and O–H groups in total. The van der Waals surface area contributed by atoms with Gasteiger partial charge in [-0.2, -0.15) is 0 Å². The van der Waals surface area contributed by atoms with Crippen LogP contribution in [0, 0.1) is 0 Å². The topological polar surface area (TPSA) is 13.0 Å². The van der Waals surface area contributed by atoms with Gasteiger partial charge in [-0.15, -0.1) is 0 Å². The van der Waals surface area contributed by atoms with Crippen molar-refractivity contribution in [3.05, 3.63) is 364 Å². The first-order chi connectivity index (χ1) is 50.1. The van der Waals surface area contributed by atoms with E-state index < -0.39 is 0 Å². The molecule has 0 radical (unpaired) electrons. The van der Waals surface area contributed by atoms with Crippen LogP contribution in [0.2, 0.25) is 0 Å². The molecular weight excluding hydrogens is 1290 g/mol. The molecule has 6 heterocycles. The van der Waals surface area contributed by atoms with Gasteiger partial charge in [0.15, 0.2) is 0 Å². The summed E-state index contributed by atoms with van der Waals surface area (Å²) in [7, 11) is 0. The fourth-order valence-corrected chi connectivity index (χ4v) is 19.8. The molecule has 0 atom stereocenters. The number of anilines is 12. The molecule has 0 saturated heterocycles. The number of nitrogens with zero attached hydrogens (tertiary/aromatic N) is 4. The second kappa shape index (κ2) is 23.1. The molecule has 468 valence electrons. The summed E-state index contributed by atoms with van der Waals surface area (Å²) in [5.41, 5.74) is 38.5. The molecule has 16 aromatic rings. The molecule has 1 aromatic heterocycles. The van der Waals surface area contributed by atoms with Crippen LogP contribution < -0.4 is 52.4 Å². The molecule has 7 heteroatoms.